The fourth-order valence-electron chi connectivity index (χ4n) is 3.29. The number of rotatable bonds is 2. The summed E-state index contributed by atoms with van der Waals surface area (Å²) in [6.07, 6.45) is 5.20. The van der Waals surface area contributed by atoms with Gasteiger partial charge in [-0.1, -0.05) is 20.8 Å². The lowest BCUT2D eigenvalue weighted by molar-refractivity contribution is 0.0644. The van der Waals surface area contributed by atoms with E-state index in [1.165, 1.54) is 25.7 Å². The molecule has 3 atom stereocenters. The van der Waals surface area contributed by atoms with Crippen LogP contribution in [-0.2, 0) is 4.74 Å². The molecule has 1 N–H and O–H groups in total. The van der Waals surface area contributed by atoms with Gasteiger partial charge in [0.15, 0.2) is 0 Å². The van der Waals surface area contributed by atoms with E-state index in [-0.39, 0.29) is 0 Å². The highest BCUT2D eigenvalue weighted by Gasteiger charge is 2.37. The van der Waals surface area contributed by atoms with Gasteiger partial charge in [0.05, 0.1) is 6.61 Å². The minimum atomic E-state index is 0.534. The number of hydrogen-bond acceptors (Lipinski definition) is 2. The Kier molecular flexibility index (Phi) is 3.36. The van der Waals surface area contributed by atoms with E-state index in [1.54, 1.807) is 0 Å². The van der Waals surface area contributed by atoms with Crippen LogP contribution in [0.1, 0.15) is 46.5 Å². The second kappa shape index (κ2) is 4.42. The zero-order chi connectivity index (χ0) is 10.9. The highest BCUT2D eigenvalue weighted by Crippen LogP contribution is 2.41. The van der Waals surface area contributed by atoms with Crippen LogP contribution in [0, 0.1) is 11.3 Å². The maximum Gasteiger partial charge on any atom is 0.0619 e. The van der Waals surface area contributed by atoms with Crippen molar-refractivity contribution < 1.29 is 4.74 Å². The van der Waals surface area contributed by atoms with E-state index in [2.05, 4.69) is 26.1 Å². The van der Waals surface area contributed by atoms with Crippen molar-refractivity contribution in [2.75, 3.05) is 13.2 Å². The summed E-state index contributed by atoms with van der Waals surface area (Å²) in [5.74, 6) is 0.821. The van der Waals surface area contributed by atoms with Gasteiger partial charge in [0.25, 0.3) is 0 Å². The molecule has 0 radical (unpaired) electrons. The molecular weight excluding hydrogens is 186 g/mol. The predicted molar refractivity (Wildman–Crippen MR) is 62.9 cm³/mol. The first kappa shape index (κ1) is 11.4. The van der Waals surface area contributed by atoms with Gasteiger partial charge in [-0.3, -0.25) is 0 Å². The van der Waals surface area contributed by atoms with E-state index in [0.717, 1.165) is 19.1 Å². The van der Waals surface area contributed by atoms with Crippen LogP contribution in [0.25, 0.3) is 0 Å². The SMILES string of the molecule is CC1CC(C)(C)CC1NC1CCCOC1. The molecule has 0 aromatic heterocycles. The Morgan fingerprint density at radius 2 is 2.07 bits per heavy atom. The highest BCUT2D eigenvalue weighted by atomic mass is 16.5. The Morgan fingerprint density at radius 3 is 2.60 bits per heavy atom. The minimum Gasteiger partial charge on any atom is -0.380 e. The zero-order valence-electron chi connectivity index (χ0n) is 10.4. The van der Waals surface area contributed by atoms with Crippen molar-refractivity contribution in [1.29, 1.82) is 0 Å². The number of hydrogen-bond donors (Lipinski definition) is 1. The molecule has 2 rings (SSSR count). The maximum atomic E-state index is 5.52. The predicted octanol–water partition coefficient (Wildman–Crippen LogP) is 2.58. The van der Waals surface area contributed by atoms with Crippen molar-refractivity contribution in [2.24, 2.45) is 11.3 Å². The summed E-state index contributed by atoms with van der Waals surface area (Å²) in [5.41, 5.74) is 0.534. The zero-order valence-corrected chi connectivity index (χ0v) is 10.4. The Balaban J connectivity index is 1.83. The first-order valence-electron chi connectivity index (χ1n) is 6.41. The Morgan fingerprint density at radius 1 is 1.27 bits per heavy atom. The van der Waals surface area contributed by atoms with E-state index in [4.69, 9.17) is 4.74 Å². The van der Waals surface area contributed by atoms with Gasteiger partial charge in [0.1, 0.15) is 0 Å². The molecule has 2 fully saturated rings. The first-order valence-corrected chi connectivity index (χ1v) is 6.41. The summed E-state index contributed by atoms with van der Waals surface area (Å²) in [5, 5.41) is 3.80. The summed E-state index contributed by atoms with van der Waals surface area (Å²) in [7, 11) is 0. The smallest absolute Gasteiger partial charge is 0.0619 e. The molecule has 2 nitrogen and oxygen atoms in total. The van der Waals surface area contributed by atoms with Crippen LogP contribution in [0.3, 0.4) is 0 Å². The average Bonchev–Trinajstić information content (AvgIpc) is 2.41. The van der Waals surface area contributed by atoms with Gasteiger partial charge in [0, 0.05) is 18.7 Å². The van der Waals surface area contributed by atoms with Crippen molar-refractivity contribution in [3.63, 3.8) is 0 Å². The third-order valence-electron chi connectivity index (χ3n) is 3.94. The van der Waals surface area contributed by atoms with Crippen molar-refractivity contribution in [3.05, 3.63) is 0 Å². The van der Waals surface area contributed by atoms with Crippen LogP contribution >= 0.6 is 0 Å². The summed E-state index contributed by atoms with van der Waals surface area (Å²) in [6.45, 7) is 9.05. The van der Waals surface area contributed by atoms with Crippen LogP contribution in [0.2, 0.25) is 0 Å². The molecule has 0 amide bonds. The van der Waals surface area contributed by atoms with Gasteiger partial charge in [-0.25, -0.2) is 0 Å². The average molecular weight is 211 g/mol. The van der Waals surface area contributed by atoms with Crippen LogP contribution in [0.15, 0.2) is 0 Å². The molecule has 1 saturated carbocycles. The normalized spacial score (nSPS) is 40.6. The van der Waals surface area contributed by atoms with E-state index in [9.17, 15) is 0 Å². The second-order valence-electron chi connectivity index (χ2n) is 6.24. The number of nitrogens with one attached hydrogen (secondary N) is 1. The standard InChI is InChI=1S/C13H25NO/c1-10-7-13(2,3)8-12(10)14-11-5-4-6-15-9-11/h10-12,14H,4-9H2,1-3H3. The molecule has 0 aromatic rings. The van der Waals surface area contributed by atoms with Gasteiger partial charge >= 0.3 is 0 Å². The summed E-state index contributed by atoms with van der Waals surface area (Å²) in [6, 6.07) is 1.33. The Labute approximate surface area is 93.8 Å². The lowest BCUT2D eigenvalue weighted by atomic mass is 9.91. The molecule has 15 heavy (non-hydrogen) atoms. The van der Waals surface area contributed by atoms with Crippen molar-refractivity contribution in [3.8, 4) is 0 Å². The second-order valence-corrected chi connectivity index (χ2v) is 6.24. The third-order valence-corrected chi connectivity index (χ3v) is 3.94. The maximum absolute atomic E-state index is 5.52. The molecule has 3 unspecified atom stereocenters. The highest BCUT2D eigenvalue weighted by molar-refractivity contribution is 4.92. The van der Waals surface area contributed by atoms with Crippen LogP contribution < -0.4 is 5.32 Å². The van der Waals surface area contributed by atoms with Gasteiger partial charge < -0.3 is 10.1 Å². The van der Waals surface area contributed by atoms with Crippen LogP contribution in [0.4, 0.5) is 0 Å². The van der Waals surface area contributed by atoms with Gasteiger partial charge in [-0.15, -0.1) is 0 Å². The molecule has 1 heterocycles. The third kappa shape index (κ3) is 2.94. The van der Waals surface area contributed by atoms with Crippen LogP contribution in [0.5, 0.6) is 0 Å². The fourth-order valence-corrected chi connectivity index (χ4v) is 3.29. The lowest BCUT2D eigenvalue weighted by Crippen LogP contribution is -2.44. The van der Waals surface area contributed by atoms with E-state index >= 15 is 0 Å². The fraction of sp³-hybridized carbons (Fsp3) is 1.00. The minimum absolute atomic E-state index is 0.534. The summed E-state index contributed by atoms with van der Waals surface area (Å²) in [4.78, 5) is 0. The lowest BCUT2D eigenvalue weighted by Gasteiger charge is -2.28. The summed E-state index contributed by atoms with van der Waals surface area (Å²) < 4.78 is 5.52. The molecule has 0 aromatic carbocycles. The van der Waals surface area contributed by atoms with Crippen LogP contribution in [-0.4, -0.2) is 25.3 Å². The molecule has 0 spiro atoms. The first-order chi connectivity index (χ1) is 7.07. The van der Waals surface area contributed by atoms with Gasteiger partial charge in [0.2, 0.25) is 0 Å². The Hall–Kier alpha value is -0.0800. The van der Waals surface area contributed by atoms with E-state index in [0.29, 0.717) is 17.5 Å². The number of ether oxygens (including phenoxy) is 1. The summed E-state index contributed by atoms with van der Waals surface area (Å²) >= 11 is 0. The molecule has 1 saturated heterocycles. The topological polar surface area (TPSA) is 21.3 Å². The van der Waals surface area contributed by atoms with Crippen molar-refractivity contribution in [2.45, 2.75) is 58.5 Å². The molecule has 1 aliphatic heterocycles. The van der Waals surface area contributed by atoms with Gasteiger partial charge in [-0.2, -0.15) is 0 Å². The Bertz CT molecular complexity index is 209. The van der Waals surface area contributed by atoms with Crippen molar-refractivity contribution >= 4 is 0 Å². The quantitative estimate of drug-likeness (QED) is 0.758. The molecule has 88 valence electrons. The monoisotopic (exact) mass is 211 g/mol. The van der Waals surface area contributed by atoms with Gasteiger partial charge in [-0.05, 0) is 37.0 Å². The molecular formula is C13H25NO. The van der Waals surface area contributed by atoms with E-state index < -0.39 is 0 Å². The largest absolute Gasteiger partial charge is 0.380 e. The van der Waals surface area contributed by atoms with E-state index in [1.807, 2.05) is 0 Å². The van der Waals surface area contributed by atoms with Crippen molar-refractivity contribution in [1.82, 2.24) is 5.32 Å². The molecule has 2 heteroatoms. The molecule has 0 bridgehead atoms. The molecule has 1 aliphatic carbocycles. The molecule has 2 aliphatic rings.